The minimum Gasteiger partial charge on any atom is -0.460 e. The van der Waals surface area contributed by atoms with Gasteiger partial charge in [0.15, 0.2) is 0 Å². The summed E-state index contributed by atoms with van der Waals surface area (Å²) in [4.78, 5) is 15.3. The quantitative estimate of drug-likeness (QED) is 0.738. The molecule has 2 aromatic heterocycles. The summed E-state index contributed by atoms with van der Waals surface area (Å²) >= 11 is 0. The van der Waals surface area contributed by atoms with Gasteiger partial charge in [-0.3, -0.25) is 4.68 Å². The average Bonchev–Trinajstić information content (AvgIpc) is 2.88. The van der Waals surface area contributed by atoms with Crippen molar-refractivity contribution in [1.29, 1.82) is 0 Å². The van der Waals surface area contributed by atoms with Crippen molar-refractivity contribution in [3.05, 3.63) is 17.7 Å². The molecule has 0 radical (unpaired) electrons. The first-order valence-electron chi connectivity index (χ1n) is 5.13. The normalized spacial score (nSPS) is 10.5. The highest BCUT2D eigenvalue weighted by Gasteiger charge is 2.19. The van der Waals surface area contributed by atoms with E-state index in [0.717, 1.165) is 5.69 Å². The molecule has 0 aliphatic heterocycles. The maximum atomic E-state index is 11.4. The van der Waals surface area contributed by atoms with Crippen LogP contribution in [0.5, 0.6) is 0 Å². The van der Waals surface area contributed by atoms with Crippen LogP contribution >= 0.6 is 0 Å². The van der Waals surface area contributed by atoms with Gasteiger partial charge in [0.1, 0.15) is 0 Å². The first kappa shape index (κ1) is 11.3. The Morgan fingerprint density at radius 1 is 1.59 bits per heavy atom. The predicted octanol–water partition coefficient (Wildman–Crippen LogP) is 0.955. The topological polar surface area (TPSA) is 83.0 Å². The highest BCUT2D eigenvalue weighted by Crippen LogP contribution is 2.20. The first-order chi connectivity index (χ1) is 8.13. The number of hydrogen-bond donors (Lipinski definition) is 0. The first-order valence-corrected chi connectivity index (χ1v) is 5.13. The third-order valence-electron chi connectivity index (χ3n) is 2.35. The standard InChI is InChI=1S/C10H12N4O3/c1-4-16-10(15)8-12-9(17-13-8)7-5-11-14(3)6(7)2/h5H,4H2,1-3H3. The van der Waals surface area contributed by atoms with Crippen LogP contribution in [0.3, 0.4) is 0 Å². The van der Waals surface area contributed by atoms with Crippen LogP contribution in [0.15, 0.2) is 10.7 Å². The van der Waals surface area contributed by atoms with Crippen molar-refractivity contribution in [2.75, 3.05) is 6.61 Å². The molecule has 0 fully saturated rings. The fourth-order valence-corrected chi connectivity index (χ4v) is 1.32. The van der Waals surface area contributed by atoms with Crippen LogP contribution in [0.1, 0.15) is 23.2 Å². The molecule has 17 heavy (non-hydrogen) atoms. The van der Waals surface area contributed by atoms with Crippen LogP contribution in [0.25, 0.3) is 11.5 Å². The third kappa shape index (κ3) is 2.03. The number of aryl methyl sites for hydroxylation is 1. The van der Waals surface area contributed by atoms with Crippen LogP contribution in [0.2, 0.25) is 0 Å². The zero-order valence-electron chi connectivity index (χ0n) is 9.80. The van der Waals surface area contributed by atoms with Gasteiger partial charge in [-0.2, -0.15) is 10.1 Å². The molecule has 0 spiro atoms. The summed E-state index contributed by atoms with van der Waals surface area (Å²) in [6.45, 7) is 3.86. The zero-order valence-corrected chi connectivity index (χ0v) is 9.80. The molecule has 7 heteroatoms. The number of rotatable bonds is 3. The fourth-order valence-electron chi connectivity index (χ4n) is 1.32. The van der Waals surface area contributed by atoms with Gasteiger partial charge in [-0.05, 0) is 19.0 Å². The second kappa shape index (κ2) is 4.36. The van der Waals surface area contributed by atoms with E-state index in [1.807, 2.05) is 14.0 Å². The Morgan fingerprint density at radius 2 is 2.35 bits per heavy atom. The van der Waals surface area contributed by atoms with Crippen LogP contribution < -0.4 is 0 Å². The van der Waals surface area contributed by atoms with Gasteiger partial charge in [0, 0.05) is 12.7 Å². The molecule has 0 unspecified atom stereocenters. The molecule has 0 bridgehead atoms. The summed E-state index contributed by atoms with van der Waals surface area (Å²) in [5.41, 5.74) is 1.58. The van der Waals surface area contributed by atoms with Crippen molar-refractivity contribution in [3.8, 4) is 11.5 Å². The van der Waals surface area contributed by atoms with Gasteiger partial charge in [-0.1, -0.05) is 0 Å². The monoisotopic (exact) mass is 236 g/mol. The molecule has 0 aliphatic rings. The maximum Gasteiger partial charge on any atom is 0.379 e. The van der Waals surface area contributed by atoms with Gasteiger partial charge in [0.25, 0.3) is 11.7 Å². The minimum absolute atomic E-state index is 0.0786. The van der Waals surface area contributed by atoms with Crippen LogP contribution in [-0.2, 0) is 11.8 Å². The molecule has 0 saturated carbocycles. The van der Waals surface area contributed by atoms with Gasteiger partial charge in [0.05, 0.1) is 18.4 Å². The van der Waals surface area contributed by atoms with E-state index in [4.69, 9.17) is 9.26 Å². The summed E-state index contributed by atoms with van der Waals surface area (Å²) in [5, 5.41) is 7.62. The molecule has 2 heterocycles. The molecule has 0 N–H and O–H groups in total. The Hall–Kier alpha value is -2.18. The van der Waals surface area contributed by atoms with Crippen molar-refractivity contribution in [3.63, 3.8) is 0 Å². The van der Waals surface area contributed by atoms with Crippen LogP contribution in [-0.4, -0.2) is 32.5 Å². The number of nitrogens with zero attached hydrogens (tertiary/aromatic N) is 4. The molecule has 0 amide bonds. The summed E-state index contributed by atoms with van der Waals surface area (Å²) in [7, 11) is 1.81. The van der Waals surface area contributed by atoms with Crippen LogP contribution in [0.4, 0.5) is 0 Å². The lowest BCUT2D eigenvalue weighted by atomic mass is 10.2. The molecule has 0 atom stereocenters. The average molecular weight is 236 g/mol. The van der Waals surface area contributed by atoms with E-state index in [1.165, 1.54) is 0 Å². The lowest BCUT2D eigenvalue weighted by Gasteiger charge is -1.94. The van der Waals surface area contributed by atoms with Crippen molar-refractivity contribution < 1.29 is 14.1 Å². The summed E-state index contributed by atoms with van der Waals surface area (Å²) in [6, 6.07) is 0. The highest BCUT2D eigenvalue weighted by atomic mass is 16.5. The molecule has 7 nitrogen and oxygen atoms in total. The van der Waals surface area contributed by atoms with E-state index in [2.05, 4.69) is 15.2 Å². The van der Waals surface area contributed by atoms with E-state index in [-0.39, 0.29) is 18.3 Å². The number of hydrogen-bond acceptors (Lipinski definition) is 6. The number of carbonyl (C=O) groups excluding carboxylic acids is 1. The molecular formula is C10H12N4O3. The van der Waals surface area contributed by atoms with E-state index in [0.29, 0.717) is 5.56 Å². The molecule has 0 aromatic carbocycles. The van der Waals surface area contributed by atoms with Crippen LogP contribution in [0, 0.1) is 6.92 Å². The summed E-state index contributed by atoms with van der Waals surface area (Å²) in [6.07, 6.45) is 1.61. The van der Waals surface area contributed by atoms with E-state index >= 15 is 0 Å². The second-order valence-electron chi connectivity index (χ2n) is 3.41. The zero-order chi connectivity index (χ0) is 12.4. The highest BCUT2D eigenvalue weighted by molar-refractivity contribution is 5.85. The van der Waals surface area contributed by atoms with E-state index in [9.17, 15) is 4.79 Å². The Balaban J connectivity index is 2.30. The fraction of sp³-hybridized carbons (Fsp3) is 0.400. The molecule has 90 valence electrons. The number of ether oxygens (including phenoxy) is 1. The lowest BCUT2D eigenvalue weighted by Crippen LogP contribution is -2.06. The van der Waals surface area contributed by atoms with Gasteiger partial charge < -0.3 is 9.26 Å². The third-order valence-corrected chi connectivity index (χ3v) is 2.35. The molecular weight excluding hydrogens is 224 g/mol. The second-order valence-corrected chi connectivity index (χ2v) is 3.41. The molecule has 0 saturated heterocycles. The van der Waals surface area contributed by atoms with Gasteiger partial charge in [-0.25, -0.2) is 4.79 Å². The Bertz CT molecular complexity index is 543. The number of esters is 1. The van der Waals surface area contributed by atoms with E-state index < -0.39 is 5.97 Å². The van der Waals surface area contributed by atoms with E-state index in [1.54, 1.807) is 17.8 Å². The number of carbonyl (C=O) groups is 1. The minimum atomic E-state index is -0.593. The van der Waals surface area contributed by atoms with Gasteiger partial charge >= 0.3 is 5.97 Å². The van der Waals surface area contributed by atoms with Crippen molar-refractivity contribution in [1.82, 2.24) is 19.9 Å². The van der Waals surface area contributed by atoms with Crippen molar-refractivity contribution in [2.24, 2.45) is 7.05 Å². The Morgan fingerprint density at radius 3 is 2.94 bits per heavy atom. The maximum absolute atomic E-state index is 11.4. The smallest absolute Gasteiger partial charge is 0.379 e. The molecule has 2 rings (SSSR count). The molecule has 2 aromatic rings. The summed E-state index contributed by atoms with van der Waals surface area (Å²) < 4.78 is 11.4. The van der Waals surface area contributed by atoms with Crippen molar-refractivity contribution >= 4 is 5.97 Å². The Kier molecular flexibility index (Phi) is 2.90. The SMILES string of the molecule is CCOC(=O)c1noc(-c2cnn(C)c2C)n1. The lowest BCUT2D eigenvalue weighted by molar-refractivity contribution is 0.0508. The predicted molar refractivity (Wildman–Crippen MR) is 57.2 cm³/mol. The van der Waals surface area contributed by atoms with Gasteiger partial charge in [0.2, 0.25) is 0 Å². The Labute approximate surface area is 97.4 Å². The number of aromatic nitrogens is 4. The van der Waals surface area contributed by atoms with Gasteiger partial charge in [-0.15, -0.1) is 0 Å². The summed E-state index contributed by atoms with van der Waals surface area (Å²) in [5.74, 6) is -0.409. The largest absolute Gasteiger partial charge is 0.460 e. The molecule has 0 aliphatic carbocycles. The van der Waals surface area contributed by atoms with Crippen molar-refractivity contribution in [2.45, 2.75) is 13.8 Å².